The lowest BCUT2D eigenvalue weighted by Crippen LogP contribution is -2.14. The number of aromatic nitrogens is 5. The number of carbonyl (C=O) groups is 3. The Bertz CT molecular complexity index is 1850. The number of aryl methyl sites for hydroxylation is 2. The number of imidazole rings is 1. The van der Waals surface area contributed by atoms with E-state index in [1.807, 2.05) is 13.0 Å². The number of rotatable bonds is 6. The number of nitrogens with one attached hydrogen (secondary N) is 2. The zero-order chi connectivity index (χ0) is 32.7. The van der Waals surface area contributed by atoms with Gasteiger partial charge in [0.1, 0.15) is 0 Å². The maximum absolute atomic E-state index is 13.6. The van der Waals surface area contributed by atoms with E-state index in [0.717, 1.165) is 23.3 Å². The average Bonchev–Trinajstić information content (AvgIpc) is 3.45. The maximum Gasteiger partial charge on any atom is 0.416 e. The standard InChI is InChI=1S/C28H22F3N7O.C2H2O4/c1-17-5-6-19(10-25(17)37-27-33-9-7-24(36-27)20-4-3-8-32-14-20)26(39)35-22-11-21(28(29,30)31)12-23(13-22)38-15-18(2)34-16-38;3-1(4)2(5)6/h3-16H,1-2H3,(H,35,39)(H,33,36,37);(H,3,4)(H,5,6). The molecule has 0 bridgehead atoms. The molecule has 0 unspecified atom stereocenters. The van der Waals surface area contributed by atoms with Crippen LogP contribution in [-0.4, -0.2) is 52.6 Å². The van der Waals surface area contributed by atoms with E-state index in [1.54, 1.807) is 62.0 Å². The fourth-order valence-corrected chi connectivity index (χ4v) is 3.87. The fraction of sp³-hybridized carbons (Fsp3) is 0.100. The molecular weight excluding hydrogens is 595 g/mol. The molecule has 3 heterocycles. The van der Waals surface area contributed by atoms with E-state index in [0.29, 0.717) is 23.0 Å². The number of carboxylic acids is 2. The minimum absolute atomic E-state index is 0.00114. The molecule has 0 saturated carbocycles. The number of carbonyl (C=O) groups excluding carboxylic acids is 1. The quantitative estimate of drug-likeness (QED) is 0.178. The monoisotopic (exact) mass is 619 g/mol. The van der Waals surface area contributed by atoms with Crippen LogP contribution in [0, 0.1) is 13.8 Å². The van der Waals surface area contributed by atoms with Gasteiger partial charge in [-0.05, 0) is 67.9 Å². The Morgan fingerprint density at radius 2 is 1.67 bits per heavy atom. The normalized spacial score (nSPS) is 10.8. The number of aliphatic carboxylic acids is 2. The lowest BCUT2D eigenvalue weighted by molar-refractivity contribution is -0.159. The highest BCUT2D eigenvalue weighted by atomic mass is 19.4. The van der Waals surface area contributed by atoms with Gasteiger partial charge in [0.15, 0.2) is 0 Å². The van der Waals surface area contributed by atoms with E-state index in [9.17, 15) is 18.0 Å². The molecule has 12 nitrogen and oxygen atoms in total. The van der Waals surface area contributed by atoms with Gasteiger partial charge in [0.2, 0.25) is 5.95 Å². The van der Waals surface area contributed by atoms with E-state index in [-0.39, 0.29) is 16.9 Å². The second-order valence-electron chi connectivity index (χ2n) is 9.41. The second kappa shape index (κ2) is 13.5. The Kier molecular flexibility index (Phi) is 9.51. The van der Waals surface area contributed by atoms with Gasteiger partial charge in [0, 0.05) is 53.0 Å². The summed E-state index contributed by atoms with van der Waals surface area (Å²) in [5.74, 6) is -3.91. The molecule has 1 amide bonds. The van der Waals surface area contributed by atoms with Crippen LogP contribution >= 0.6 is 0 Å². The van der Waals surface area contributed by atoms with Gasteiger partial charge in [-0.15, -0.1) is 0 Å². The van der Waals surface area contributed by atoms with E-state index in [1.165, 1.54) is 17.0 Å². The molecule has 0 aliphatic heterocycles. The number of nitrogens with zero attached hydrogens (tertiary/aromatic N) is 5. The molecule has 5 aromatic rings. The lowest BCUT2D eigenvalue weighted by Gasteiger charge is -2.14. The summed E-state index contributed by atoms with van der Waals surface area (Å²) < 4.78 is 42.3. The summed E-state index contributed by atoms with van der Waals surface area (Å²) in [6.07, 6.45) is 3.38. The average molecular weight is 620 g/mol. The van der Waals surface area contributed by atoms with Gasteiger partial charge < -0.3 is 25.4 Å². The molecule has 5 rings (SSSR count). The summed E-state index contributed by atoms with van der Waals surface area (Å²) >= 11 is 0. The van der Waals surface area contributed by atoms with Gasteiger partial charge in [-0.3, -0.25) is 9.78 Å². The van der Waals surface area contributed by atoms with Crippen LogP contribution in [0.1, 0.15) is 27.2 Å². The molecular formula is C30H24F3N7O5. The molecule has 0 aliphatic rings. The van der Waals surface area contributed by atoms with Crippen LogP contribution in [0.5, 0.6) is 0 Å². The molecule has 45 heavy (non-hydrogen) atoms. The molecule has 2 aromatic carbocycles. The van der Waals surface area contributed by atoms with Gasteiger partial charge in [-0.2, -0.15) is 13.2 Å². The molecule has 0 fully saturated rings. The smallest absolute Gasteiger partial charge is 0.416 e. The summed E-state index contributed by atoms with van der Waals surface area (Å²) in [5.41, 5.74) is 3.09. The van der Waals surface area contributed by atoms with Gasteiger partial charge in [0.05, 0.1) is 23.3 Å². The molecule has 0 radical (unpaired) electrons. The molecule has 4 N–H and O–H groups in total. The Balaban J connectivity index is 0.000000700. The van der Waals surface area contributed by atoms with Crippen molar-refractivity contribution < 1.29 is 37.8 Å². The van der Waals surface area contributed by atoms with Crippen molar-refractivity contribution in [3.8, 4) is 16.9 Å². The van der Waals surface area contributed by atoms with Gasteiger partial charge in [0.25, 0.3) is 5.91 Å². The van der Waals surface area contributed by atoms with E-state index in [2.05, 4.69) is 30.6 Å². The molecule has 0 atom stereocenters. The molecule has 230 valence electrons. The Morgan fingerprint density at radius 3 is 2.29 bits per heavy atom. The van der Waals surface area contributed by atoms with Crippen LogP contribution < -0.4 is 10.6 Å². The van der Waals surface area contributed by atoms with Crippen LogP contribution in [0.4, 0.5) is 30.5 Å². The summed E-state index contributed by atoms with van der Waals surface area (Å²) in [6, 6.07) is 13.7. The predicted molar refractivity (Wildman–Crippen MR) is 156 cm³/mol. The van der Waals surface area contributed by atoms with Crippen molar-refractivity contribution in [3.63, 3.8) is 0 Å². The van der Waals surface area contributed by atoms with Crippen molar-refractivity contribution in [2.24, 2.45) is 0 Å². The van der Waals surface area contributed by atoms with Crippen molar-refractivity contribution >= 4 is 35.2 Å². The van der Waals surface area contributed by atoms with Gasteiger partial charge in [-0.25, -0.2) is 24.5 Å². The zero-order valence-corrected chi connectivity index (χ0v) is 23.6. The van der Waals surface area contributed by atoms with Gasteiger partial charge >= 0.3 is 18.1 Å². The number of benzene rings is 2. The fourth-order valence-electron chi connectivity index (χ4n) is 3.87. The largest absolute Gasteiger partial charge is 0.473 e. The topological polar surface area (TPSA) is 172 Å². The number of anilines is 3. The number of alkyl halides is 3. The highest BCUT2D eigenvalue weighted by molar-refractivity contribution is 6.27. The Hall–Kier alpha value is -6.12. The van der Waals surface area contributed by atoms with E-state index >= 15 is 0 Å². The minimum Gasteiger partial charge on any atom is -0.473 e. The van der Waals surface area contributed by atoms with Crippen LogP contribution in [0.2, 0.25) is 0 Å². The Morgan fingerprint density at radius 1 is 0.911 bits per heavy atom. The number of amides is 1. The van der Waals surface area contributed by atoms with Crippen molar-refractivity contribution in [2.75, 3.05) is 10.6 Å². The molecule has 0 aliphatic carbocycles. The summed E-state index contributed by atoms with van der Waals surface area (Å²) in [6.45, 7) is 3.58. The second-order valence-corrected chi connectivity index (χ2v) is 9.41. The molecule has 3 aromatic heterocycles. The maximum atomic E-state index is 13.6. The van der Waals surface area contributed by atoms with Gasteiger partial charge in [-0.1, -0.05) is 6.07 Å². The van der Waals surface area contributed by atoms with Crippen LogP contribution in [0.25, 0.3) is 16.9 Å². The third-order valence-electron chi connectivity index (χ3n) is 6.05. The summed E-state index contributed by atoms with van der Waals surface area (Å²) in [7, 11) is 0. The first-order valence-electron chi connectivity index (χ1n) is 12.9. The predicted octanol–water partition coefficient (Wildman–Crippen LogP) is 5.51. The van der Waals surface area contributed by atoms with Crippen molar-refractivity contribution in [1.82, 2.24) is 24.5 Å². The number of carboxylic acid groups (broad SMARTS) is 2. The third-order valence-corrected chi connectivity index (χ3v) is 6.05. The number of halogens is 3. The van der Waals surface area contributed by atoms with Crippen molar-refractivity contribution in [2.45, 2.75) is 20.0 Å². The summed E-state index contributed by atoms with van der Waals surface area (Å²) in [4.78, 5) is 48.3. The highest BCUT2D eigenvalue weighted by Crippen LogP contribution is 2.33. The van der Waals surface area contributed by atoms with Crippen LogP contribution in [-0.2, 0) is 15.8 Å². The Labute approximate surface area is 253 Å². The first kappa shape index (κ1) is 31.8. The number of pyridine rings is 1. The van der Waals surface area contributed by atoms with Crippen LogP contribution in [0.3, 0.4) is 0 Å². The number of hydrogen-bond acceptors (Lipinski definition) is 8. The third kappa shape index (κ3) is 8.47. The number of hydrogen-bond donors (Lipinski definition) is 4. The van der Waals surface area contributed by atoms with Crippen LogP contribution in [0.15, 0.2) is 85.7 Å². The zero-order valence-electron chi connectivity index (χ0n) is 23.6. The van der Waals surface area contributed by atoms with Crippen molar-refractivity contribution in [1.29, 1.82) is 0 Å². The lowest BCUT2D eigenvalue weighted by atomic mass is 10.1. The minimum atomic E-state index is -4.60. The highest BCUT2D eigenvalue weighted by Gasteiger charge is 2.31. The first-order valence-corrected chi connectivity index (χ1v) is 12.9. The molecule has 15 heteroatoms. The molecule has 0 saturated heterocycles. The summed E-state index contributed by atoms with van der Waals surface area (Å²) in [5, 5.41) is 20.5. The van der Waals surface area contributed by atoms with E-state index in [4.69, 9.17) is 19.8 Å². The first-order chi connectivity index (χ1) is 21.3. The molecule has 0 spiro atoms. The van der Waals surface area contributed by atoms with Crippen molar-refractivity contribution in [3.05, 3.63) is 108 Å². The van der Waals surface area contributed by atoms with E-state index < -0.39 is 29.6 Å². The SMILES string of the molecule is Cc1cn(-c2cc(NC(=O)c3ccc(C)c(Nc4nccc(-c5cccnc5)n4)c3)cc(C(F)(F)F)c2)cn1.O=C(O)C(=O)O.